The molecular formula is C15H22BrNO. The third-order valence-corrected chi connectivity index (χ3v) is 4.05. The van der Waals surface area contributed by atoms with Gasteiger partial charge in [-0.2, -0.15) is 0 Å². The molecule has 1 N–H and O–H groups in total. The topological polar surface area (TPSA) is 29.1 Å². The van der Waals surface area contributed by atoms with E-state index in [1.54, 1.807) is 0 Å². The molecule has 0 aliphatic heterocycles. The average molecular weight is 312 g/mol. The summed E-state index contributed by atoms with van der Waals surface area (Å²) in [5.74, 6) is 0.844. The fourth-order valence-electron chi connectivity index (χ4n) is 1.75. The molecule has 1 aromatic rings. The molecule has 2 nitrogen and oxygen atoms in total. The summed E-state index contributed by atoms with van der Waals surface area (Å²) in [6, 6.07) is 10.1. The lowest BCUT2D eigenvalue weighted by atomic mass is 10.1. The van der Waals surface area contributed by atoms with E-state index in [1.807, 2.05) is 18.2 Å². The van der Waals surface area contributed by atoms with Crippen molar-refractivity contribution in [3.05, 3.63) is 35.9 Å². The smallest absolute Gasteiger partial charge is 0.220 e. The van der Waals surface area contributed by atoms with Gasteiger partial charge in [0.2, 0.25) is 5.91 Å². The van der Waals surface area contributed by atoms with Crippen molar-refractivity contribution >= 4 is 21.8 Å². The van der Waals surface area contributed by atoms with E-state index < -0.39 is 0 Å². The van der Waals surface area contributed by atoms with Crippen molar-refractivity contribution in [2.45, 2.75) is 32.6 Å². The summed E-state index contributed by atoms with van der Waals surface area (Å²) in [6.07, 6.45) is 3.62. The molecule has 0 aromatic heterocycles. The van der Waals surface area contributed by atoms with Crippen LogP contribution in [0.2, 0.25) is 0 Å². The third-order valence-electron chi connectivity index (χ3n) is 2.94. The Kier molecular flexibility index (Phi) is 7.74. The van der Waals surface area contributed by atoms with Crippen molar-refractivity contribution < 1.29 is 4.79 Å². The van der Waals surface area contributed by atoms with Gasteiger partial charge in [-0.05, 0) is 30.7 Å². The molecule has 1 rings (SSSR count). The number of carbonyl (C=O) groups is 1. The number of hydrogen-bond donors (Lipinski definition) is 1. The summed E-state index contributed by atoms with van der Waals surface area (Å²) >= 11 is 3.46. The van der Waals surface area contributed by atoms with Gasteiger partial charge in [-0.15, -0.1) is 0 Å². The molecule has 1 amide bonds. The molecule has 100 valence electrons. The van der Waals surface area contributed by atoms with Crippen LogP contribution in [0, 0.1) is 5.92 Å². The molecule has 0 aliphatic carbocycles. The highest BCUT2D eigenvalue weighted by Crippen LogP contribution is 2.07. The van der Waals surface area contributed by atoms with Crippen molar-refractivity contribution in [3.63, 3.8) is 0 Å². The van der Waals surface area contributed by atoms with Crippen molar-refractivity contribution in [3.8, 4) is 0 Å². The molecule has 0 saturated heterocycles. The van der Waals surface area contributed by atoms with Crippen LogP contribution in [0.15, 0.2) is 30.3 Å². The molecule has 0 bridgehead atoms. The third kappa shape index (κ3) is 6.80. The van der Waals surface area contributed by atoms with Crippen molar-refractivity contribution in [1.29, 1.82) is 0 Å². The maximum Gasteiger partial charge on any atom is 0.220 e. The first kappa shape index (κ1) is 15.2. The molecule has 0 saturated carbocycles. The zero-order valence-electron chi connectivity index (χ0n) is 11.0. The number of aryl methyl sites for hydroxylation is 1. The Morgan fingerprint density at radius 1 is 1.33 bits per heavy atom. The van der Waals surface area contributed by atoms with Gasteiger partial charge in [0, 0.05) is 18.3 Å². The summed E-state index contributed by atoms with van der Waals surface area (Å²) in [4.78, 5) is 11.6. The Morgan fingerprint density at radius 3 is 2.72 bits per heavy atom. The molecule has 3 heteroatoms. The summed E-state index contributed by atoms with van der Waals surface area (Å²) in [5.41, 5.74) is 1.22. The maximum atomic E-state index is 11.6. The minimum absolute atomic E-state index is 0.158. The molecule has 18 heavy (non-hydrogen) atoms. The average Bonchev–Trinajstić information content (AvgIpc) is 2.42. The molecule has 0 heterocycles. The molecule has 0 radical (unpaired) electrons. The first-order chi connectivity index (χ1) is 8.72. The van der Waals surface area contributed by atoms with Gasteiger partial charge < -0.3 is 5.32 Å². The van der Waals surface area contributed by atoms with E-state index in [2.05, 4.69) is 40.3 Å². The molecular weight excluding hydrogens is 290 g/mol. The van der Waals surface area contributed by atoms with Gasteiger partial charge in [0.15, 0.2) is 0 Å². The van der Waals surface area contributed by atoms with E-state index in [0.717, 1.165) is 31.1 Å². The number of rotatable bonds is 8. The number of amides is 1. The fourth-order valence-corrected chi connectivity index (χ4v) is 2.07. The van der Waals surface area contributed by atoms with Crippen molar-refractivity contribution in [2.75, 3.05) is 11.9 Å². The first-order valence-electron chi connectivity index (χ1n) is 6.59. The van der Waals surface area contributed by atoms with Crippen LogP contribution in [0.25, 0.3) is 0 Å². The molecule has 1 aromatic carbocycles. The second-order valence-corrected chi connectivity index (χ2v) is 5.38. The highest BCUT2D eigenvalue weighted by atomic mass is 79.9. The summed E-state index contributed by atoms with van der Waals surface area (Å²) in [5, 5.41) is 4.01. The molecule has 1 atom stereocenters. The van der Waals surface area contributed by atoms with Crippen LogP contribution in [0.1, 0.15) is 31.7 Å². The zero-order chi connectivity index (χ0) is 13.2. The van der Waals surface area contributed by atoms with Gasteiger partial charge in [0.05, 0.1) is 0 Å². The van der Waals surface area contributed by atoms with E-state index in [0.29, 0.717) is 12.3 Å². The van der Waals surface area contributed by atoms with Gasteiger partial charge >= 0.3 is 0 Å². The zero-order valence-corrected chi connectivity index (χ0v) is 12.6. The van der Waals surface area contributed by atoms with E-state index in [9.17, 15) is 4.79 Å². The van der Waals surface area contributed by atoms with E-state index >= 15 is 0 Å². The summed E-state index contributed by atoms with van der Waals surface area (Å²) in [6.45, 7) is 3.01. The normalized spacial score (nSPS) is 12.1. The predicted molar refractivity (Wildman–Crippen MR) is 80.0 cm³/mol. The molecule has 1 unspecified atom stereocenters. The number of alkyl halides is 1. The van der Waals surface area contributed by atoms with Gasteiger partial charge in [0.1, 0.15) is 0 Å². The summed E-state index contributed by atoms with van der Waals surface area (Å²) < 4.78 is 0. The van der Waals surface area contributed by atoms with E-state index in [4.69, 9.17) is 0 Å². The molecule has 0 fully saturated rings. The number of carbonyl (C=O) groups excluding carboxylic acids is 1. The fraction of sp³-hybridized carbons (Fsp3) is 0.533. The van der Waals surface area contributed by atoms with Crippen molar-refractivity contribution in [2.24, 2.45) is 5.92 Å². The Morgan fingerprint density at radius 2 is 2.06 bits per heavy atom. The number of nitrogens with one attached hydrogen (secondary N) is 1. The Labute approximate surface area is 118 Å². The molecule has 0 spiro atoms. The highest BCUT2D eigenvalue weighted by molar-refractivity contribution is 9.09. The van der Waals surface area contributed by atoms with Crippen LogP contribution in [-0.4, -0.2) is 17.8 Å². The Bertz CT molecular complexity index is 340. The Hall–Kier alpha value is -0.830. The van der Waals surface area contributed by atoms with Crippen LogP contribution in [-0.2, 0) is 11.2 Å². The SMILES string of the molecule is CC(CBr)CCCNC(=O)CCc1ccccc1. The summed E-state index contributed by atoms with van der Waals surface area (Å²) in [7, 11) is 0. The highest BCUT2D eigenvalue weighted by Gasteiger charge is 2.03. The maximum absolute atomic E-state index is 11.6. The van der Waals surface area contributed by atoms with Gasteiger partial charge in [0.25, 0.3) is 0 Å². The second-order valence-electron chi connectivity index (χ2n) is 4.74. The molecule has 0 aliphatic rings. The monoisotopic (exact) mass is 311 g/mol. The van der Waals surface area contributed by atoms with Gasteiger partial charge in [-0.1, -0.05) is 53.2 Å². The van der Waals surface area contributed by atoms with Crippen LogP contribution < -0.4 is 5.32 Å². The minimum atomic E-state index is 0.158. The lowest BCUT2D eigenvalue weighted by molar-refractivity contribution is -0.121. The largest absolute Gasteiger partial charge is 0.356 e. The van der Waals surface area contributed by atoms with Crippen LogP contribution in [0.3, 0.4) is 0 Å². The van der Waals surface area contributed by atoms with Crippen LogP contribution >= 0.6 is 15.9 Å². The van der Waals surface area contributed by atoms with E-state index in [1.165, 1.54) is 5.56 Å². The van der Waals surface area contributed by atoms with Gasteiger partial charge in [-0.25, -0.2) is 0 Å². The van der Waals surface area contributed by atoms with Gasteiger partial charge in [-0.3, -0.25) is 4.79 Å². The predicted octanol–water partition coefficient (Wildman–Crippen LogP) is 3.55. The van der Waals surface area contributed by atoms with Crippen LogP contribution in [0.4, 0.5) is 0 Å². The lowest BCUT2D eigenvalue weighted by Crippen LogP contribution is -2.25. The second kappa shape index (κ2) is 9.15. The van der Waals surface area contributed by atoms with E-state index in [-0.39, 0.29) is 5.91 Å². The number of hydrogen-bond acceptors (Lipinski definition) is 1. The Balaban J connectivity index is 2.07. The van der Waals surface area contributed by atoms with Crippen LogP contribution in [0.5, 0.6) is 0 Å². The van der Waals surface area contributed by atoms with Crippen molar-refractivity contribution in [1.82, 2.24) is 5.32 Å². The number of benzene rings is 1. The number of halogens is 1. The lowest BCUT2D eigenvalue weighted by Gasteiger charge is -2.08. The minimum Gasteiger partial charge on any atom is -0.356 e. The first-order valence-corrected chi connectivity index (χ1v) is 7.71. The quantitative estimate of drug-likeness (QED) is 0.577. The standard InChI is InChI=1S/C15H22BrNO/c1-13(12-16)6-5-11-17-15(18)10-9-14-7-3-2-4-8-14/h2-4,7-8,13H,5-6,9-12H2,1H3,(H,17,18).